The summed E-state index contributed by atoms with van der Waals surface area (Å²) in [6.45, 7) is 0. The SMILES string of the molecule is O=c1c(=Cc2cn(-c3ccccc3)nc2-c2ccc([N+](=O)[O-])cc2)sc2nc(-c3ccncc3)nn12. The molecule has 174 valence electrons. The number of hydrogen-bond acceptors (Lipinski definition) is 8. The molecule has 0 saturated carbocycles. The Morgan fingerprint density at radius 1 is 0.917 bits per heavy atom. The van der Waals surface area contributed by atoms with Crippen LogP contribution >= 0.6 is 11.3 Å². The van der Waals surface area contributed by atoms with E-state index in [1.807, 2.05) is 36.5 Å². The van der Waals surface area contributed by atoms with Crippen LogP contribution in [-0.4, -0.2) is 34.3 Å². The number of para-hydroxylation sites is 1. The summed E-state index contributed by atoms with van der Waals surface area (Å²) in [7, 11) is 0. The van der Waals surface area contributed by atoms with Crippen molar-refractivity contribution in [3.63, 3.8) is 0 Å². The van der Waals surface area contributed by atoms with E-state index < -0.39 is 4.92 Å². The van der Waals surface area contributed by atoms with Gasteiger partial charge in [-0.1, -0.05) is 29.5 Å². The number of rotatable bonds is 5. The van der Waals surface area contributed by atoms with Crippen LogP contribution in [0.15, 0.2) is 90.1 Å². The Morgan fingerprint density at radius 2 is 1.67 bits per heavy atom. The van der Waals surface area contributed by atoms with Crippen molar-refractivity contribution in [3.8, 4) is 28.3 Å². The smallest absolute Gasteiger partial charge is 0.266 e. The number of benzene rings is 2. The van der Waals surface area contributed by atoms with E-state index in [9.17, 15) is 14.9 Å². The number of nitro benzene ring substituents is 1. The van der Waals surface area contributed by atoms with Crippen LogP contribution in [0.25, 0.3) is 39.4 Å². The summed E-state index contributed by atoms with van der Waals surface area (Å²) >= 11 is 1.23. The molecular weight excluding hydrogens is 478 g/mol. The molecule has 36 heavy (non-hydrogen) atoms. The summed E-state index contributed by atoms with van der Waals surface area (Å²) in [5.74, 6) is 0.454. The van der Waals surface area contributed by atoms with Gasteiger partial charge in [0.25, 0.3) is 11.2 Å². The van der Waals surface area contributed by atoms with Gasteiger partial charge in [-0.05, 0) is 42.5 Å². The summed E-state index contributed by atoms with van der Waals surface area (Å²) < 4.78 is 3.45. The highest BCUT2D eigenvalue weighted by molar-refractivity contribution is 7.15. The van der Waals surface area contributed by atoms with Crippen molar-refractivity contribution < 1.29 is 4.92 Å². The molecule has 0 unspecified atom stereocenters. The minimum atomic E-state index is -0.447. The molecule has 11 heteroatoms. The van der Waals surface area contributed by atoms with Gasteiger partial charge < -0.3 is 0 Å². The predicted molar refractivity (Wildman–Crippen MR) is 135 cm³/mol. The summed E-state index contributed by atoms with van der Waals surface area (Å²) in [4.78, 5) is 32.8. The Hall–Kier alpha value is -5.03. The predicted octanol–water partition coefficient (Wildman–Crippen LogP) is 3.52. The number of fused-ring (bicyclic) bond motifs is 1. The number of hydrogen-bond donors (Lipinski definition) is 0. The zero-order valence-electron chi connectivity index (χ0n) is 18.4. The minimum Gasteiger partial charge on any atom is -0.266 e. The molecule has 4 heterocycles. The van der Waals surface area contributed by atoms with Gasteiger partial charge in [-0.25, -0.2) is 4.68 Å². The maximum atomic E-state index is 13.1. The van der Waals surface area contributed by atoms with E-state index in [4.69, 9.17) is 5.10 Å². The van der Waals surface area contributed by atoms with Crippen molar-refractivity contribution in [1.29, 1.82) is 0 Å². The minimum absolute atomic E-state index is 0.0100. The number of nitrogens with zero attached hydrogens (tertiary/aromatic N) is 7. The number of thiazole rings is 1. The highest BCUT2D eigenvalue weighted by Gasteiger charge is 2.16. The Labute approximate surface area is 206 Å². The van der Waals surface area contributed by atoms with Crippen LogP contribution in [0.5, 0.6) is 0 Å². The fourth-order valence-corrected chi connectivity index (χ4v) is 4.67. The van der Waals surface area contributed by atoms with Crippen LogP contribution in [0.2, 0.25) is 0 Å². The van der Waals surface area contributed by atoms with Gasteiger partial charge in [0.2, 0.25) is 4.96 Å². The lowest BCUT2D eigenvalue weighted by Gasteiger charge is -2.00. The molecule has 0 atom stereocenters. The van der Waals surface area contributed by atoms with Gasteiger partial charge in [0, 0.05) is 47.4 Å². The van der Waals surface area contributed by atoms with E-state index in [-0.39, 0.29) is 11.2 Å². The molecule has 0 aliphatic heterocycles. The number of aromatic nitrogens is 6. The molecule has 10 nitrogen and oxygen atoms in total. The van der Waals surface area contributed by atoms with Gasteiger partial charge in [0.05, 0.1) is 15.1 Å². The van der Waals surface area contributed by atoms with Crippen LogP contribution in [0.1, 0.15) is 5.56 Å². The van der Waals surface area contributed by atoms with E-state index in [1.165, 1.54) is 28.0 Å². The van der Waals surface area contributed by atoms with Crippen molar-refractivity contribution in [2.45, 2.75) is 0 Å². The number of pyridine rings is 1. The zero-order chi connectivity index (χ0) is 24.6. The van der Waals surface area contributed by atoms with Gasteiger partial charge >= 0.3 is 0 Å². The molecule has 0 saturated heterocycles. The molecule has 0 bridgehead atoms. The van der Waals surface area contributed by atoms with E-state index in [0.29, 0.717) is 32.1 Å². The van der Waals surface area contributed by atoms with Crippen molar-refractivity contribution in [3.05, 3.63) is 116 Å². The Morgan fingerprint density at radius 3 is 2.36 bits per heavy atom. The summed E-state index contributed by atoms with van der Waals surface area (Å²) in [6, 6.07) is 19.3. The van der Waals surface area contributed by atoms with Crippen molar-refractivity contribution in [1.82, 2.24) is 29.4 Å². The quantitative estimate of drug-likeness (QED) is 0.266. The van der Waals surface area contributed by atoms with Gasteiger partial charge in [0.15, 0.2) is 5.82 Å². The highest BCUT2D eigenvalue weighted by Crippen LogP contribution is 2.26. The number of non-ortho nitro benzene ring substituents is 1. The lowest BCUT2D eigenvalue weighted by atomic mass is 10.1. The van der Waals surface area contributed by atoms with Gasteiger partial charge in [0.1, 0.15) is 5.69 Å². The van der Waals surface area contributed by atoms with E-state index in [1.54, 1.807) is 47.4 Å². The maximum Gasteiger partial charge on any atom is 0.291 e. The third-order valence-corrected chi connectivity index (χ3v) is 6.48. The van der Waals surface area contributed by atoms with Crippen LogP contribution in [0, 0.1) is 10.1 Å². The molecule has 4 aromatic heterocycles. The molecule has 0 aliphatic rings. The van der Waals surface area contributed by atoms with Crippen molar-refractivity contribution >= 4 is 28.1 Å². The molecule has 0 N–H and O–H groups in total. The molecule has 0 radical (unpaired) electrons. The Kier molecular flexibility index (Phi) is 5.16. The van der Waals surface area contributed by atoms with Crippen LogP contribution < -0.4 is 10.1 Å². The Bertz CT molecular complexity index is 1830. The summed E-state index contributed by atoms with van der Waals surface area (Å²) in [6.07, 6.45) is 6.86. The van der Waals surface area contributed by atoms with Gasteiger partial charge in [-0.2, -0.15) is 14.6 Å². The second-order valence-electron chi connectivity index (χ2n) is 7.80. The Balaban J connectivity index is 1.48. The lowest BCUT2D eigenvalue weighted by Crippen LogP contribution is -2.23. The lowest BCUT2D eigenvalue weighted by molar-refractivity contribution is -0.384. The standard InChI is InChI=1S/C25H15N7O3S/c33-24-21(36-25-27-23(29-31(24)25)17-10-12-26-13-11-17)14-18-15-30(19-4-2-1-3-5-19)28-22(18)16-6-8-20(9-7-16)32(34)35/h1-15H. The molecule has 0 aliphatic carbocycles. The molecule has 2 aromatic carbocycles. The topological polar surface area (TPSA) is 121 Å². The third kappa shape index (κ3) is 3.83. The molecular formula is C25H15N7O3S. The van der Waals surface area contributed by atoms with Crippen LogP contribution in [-0.2, 0) is 0 Å². The highest BCUT2D eigenvalue weighted by atomic mass is 32.1. The zero-order valence-corrected chi connectivity index (χ0v) is 19.2. The fourth-order valence-electron chi connectivity index (χ4n) is 3.77. The fraction of sp³-hybridized carbons (Fsp3) is 0. The van der Waals surface area contributed by atoms with E-state index in [2.05, 4.69) is 15.1 Å². The second-order valence-corrected chi connectivity index (χ2v) is 8.81. The van der Waals surface area contributed by atoms with Gasteiger partial charge in [-0.3, -0.25) is 19.9 Å². The van der Waals surface area contributed by atoms with Crippen LogP contribution in [0.3, 0.4) is 0 Å². The summed E-state index contributed by atoms with van der Waals surface area (Å²) in [5, 5.41) is 20.2. The van der Waals surface area contributed by atoms with Crippen molar-refractivity contribution in [2.75, 3.05) is 0 Å². The third-order valence-electron chi connectivity index (χ3n) is 5.52. The second kappa shape index (κ2) is 8.64. The van der Waals surface area contributed by atoms with Crippen LogP contribution in [0.4, 0.5) is 5.69 Å². The molecule has 6 aromatic rings. The molecule has 0 amide bonds. The average Bonchev–Trinajstić information content (AvgIpc) is 3.60. The average molecular weight is 494 g/mol. The van der Waals surface area contributed by atoms with E-state index in [0.717, 1.165) is 11.3 Å². The first-order valence-corrected chi connectivity index (χ1v) is 11.6. The molecule has 0 fully saturated rings. The normalized spacial score (nSPS) is 11.8. The maximum absolute atomic E-state index is 13.1. The first-order valence-electron chi connectivity index (χ1n) is 10.8. The molecule has 0 spiro atoms. The van der Waals surface area contributed by atoms with Gasteiger partial charge in [-0.15, -0.1) is 5.10 Å². The largest absolute Gasteiger partial charge is 0.291 e. The summed E-state index contributed by atoms with van der Waals surface area (Å²) in [5.41, 5.74) is 3.28. The monoisotopic (exact) mass is 493 g/mol. The first kappa shape index (κ1) is 21.5. The molecule has 6 rings (SSSR count). The van der Waals surface area contributed by atoms with Crippen molar-refractivity contribution in [2.24, 2.45) is 0 Å². The van der Waals surface area contributed by atoms with E-state index >= 15 is 0 Å². The number of nitro groups is 1. The first-order chi connectivity index (χ1) is 17.6.